The Morgan fingerprint density at radius 1 is 0.778 bits per heavy atom. The summed E-state index contributed by atoms with van der Waals surface area (Å²) in [5.41, 5.74) is 9.48. The highest BCUT2D eigenvalue weighted by atomic mass is 16.2. The molecule has 0 fully saturated rings. The van der Waals surface area contributed by atoms with Gasteiger partial charge < -0.3 is 22.1 Å². The molecule has 10 nitrogen and oxygen atoms in total. The minimum absolute atomic E-state index is 0.512. The van der Waals surface area contributed by atoms with Crippen molar-refractivity contribution in [3.8, 4) is 0 Å². The van der Waals surface area contributed by atoms with Crippen LogP contribution in [0.15, 0.2) is 0 Å². The number of carbonyl (C=O) groups is 4. The number of hydrogen-bond acceptors (Lipinski definition) is 4. The maximum Gasteiger partial charge on any atom is 0.325 e. The van der Waals surface area contributed by atoms with Gasteiger partial charge in [0, 0.05) is 28.2 Å². The fraction of sp³-hybridized carbons (Fsp3) is 0.500. The summed E-state index contributed by atoms with van der Waals surface area (Å²) in [4.78, 5) is 42.9. The summed E-state index contributed by atoms with van der Waals surface area (Å²) in [6.07, 6.45) is 0. The van der Waals surface area contributed by atoms with E-state index >= 15 is 0 Å². The number of primary amides is 2. The standard InChI is InChI=1S/2C4H9N3O2/c2*1-6-4(9)7(2)3(5)8/h2*1-2H3,(H2,5,8)(H,6,9). The summed E-state index contributed by atoms with van der Waals surface area (Å²) in [6, 6.07) is -2.56. The second kappa shape index (κ2) is 8.61. The minimum Gasteiger partial charge on any atom is -0.351 e. The molecule has 6 N–H and O–H groups in total. The monoisotopic (exact) mass is 262 g/mol. The normalized spacial score (nSPS) is 8.22. The van der Waals surface area contributed by atoms with Crippen LogP contribution in [0.2, 0.25) is 0 Å². The van der Waals surface area contributed by atoms with Crippen molar-refractivity contribution < 1.29 is 19.2 Å². The molecule has 0 aliphatic rings. The largest absolute Gasteiger partial charge is 0.351 e. The molecule has 0 aromatic carbocycles. The molecule has 0 bridgehead atoms. The smallest absolute Gasteiger partial charge is 0.325 e. The summed E-state index contributed by atoms with van der Waals surface area (Å²) >= 11 is 0. The quantitative estimate of drug-likeness (QED) is 0.427. The van der Waals surface area contributed by atoms with Crippen molar-refractivity contribution in [2.45, 2.75) is 0 Å². The number of carbonyl (C=O) groups excluding carboxylic acids is 4. The van der Waals surface area contributed by atoms with Crippen molar-refractivity contribution in [1.82, 2.24) is 20.4 Å². The van der Waals surface area contributed by atoms with Gasteiger partial charge >= 0.3 is 24.1 Å². The Labute approximate surface area is 104 Å². The Morgan fingerprint density at radius 2 is 1.00 bits per heavy atom. The van der Waals surface area contributed by atoms with Gasteiger partial charge in [0.2, 0.25) is 0 Å². The van der Waals surface area contributed by atoms with Crippen molar-refractivity contribution in [3.63, 3.8) is 0 Å². The highest BCUT2D eigenvalue weighted by Gasteiger charge is 2.10. The van der Waals surface area contributed by atoms with E-state index in [9.17, 15) is 19.2 Å². The molecule has 104 valence electrons. The van der Waals surface area contributed by atoms with Crippen LogP contribution in [-0.4, -0.2) is 62.1 Å². The molecule has 0 aromatic rings. The molecule has 0 saturated carbocycles. The number of nitrogens with zero attached hydrogens (tertiary/aromatic N) is 2. The van der Waals surface area contributed by atoms with E-state index in [0.29, 0.717) is 0 Å². The molecular formula is C8H18N6O4. The first kappa shape index (κ1) is 17.9. The molecular weight excluding hydrogens is 244 g/mol. The van der Waals surface area contributed by atoms with Crippen molar-refractivity contribution in [3.05, 3.63) is 0 Å². The van der Waals surface area contributed by atoms with Gasteiger partial charge in [-0.15, -0.1) is 0 Å². The Balaban J connectivity index is 0. The molecule has 0 aliphatic carbocycles. The van der Waals surface area contributed by atoms with Gasteiger partial charge in [0.1, 0.15) is 0 Å². The van der Waals surface area contributed by atoms with Gasteiger partial charge in [0.05, 0.1) is 0 Å². The summed E-state index contributed by atoms with van der Waals surface area (Å²) < 4.78 is 0. The molecule has 8 amide bonds. The third-order valence-corrected chi connectivity index (χ3v) is 1.70. The molecule has 0 rings (SSSR count). The van der Waals surface area contributed by atoms with E-state index in [1.807, 2.05) is 0 Å². The van der Waals surface area contributed by atoms with Gasteiger partial charge in [-0.3, -0.25) is 0 Å². The lowest BCUT2D eigenvalue weighted by molar-refractivity contribution is 0.200. The zero-order valence-electron chi connectivity index (χ0n) is 10.7. The van der Waals surface area contributed by atoms with E-state index in [0.717, 1.165) is 9.80 Å². The van der Waals surface area contributed by atoms with Gasteiger partial charge in [-0.1, -0.05) is 0 Å². The van der Waals surface area contributed by atoms with Crippen LogP contribution < -0.4 is 22.1 Å². The van der Waals surface area contributed by atoms with Crippen LogP contribution in [0.4, 0.5) is 19.2 Å². The third-order valence-electron chi connectivity index (χ3n) is 1.70. The average molecular weight is 262 g/mol. The number of hydrogen-bond donors (Lipinski definition) is 4. The van der Waals surface area contributed by atoms with Gasteiger partial charge in [-0.25, -0.2) is 29.0 Å². The zero-order valence-corrected chi connectivity index (χ0v) is 10.7. The predicted molar refractivity (Wildman–Crippen MR) is 63.6 cm³/mol. The van der Waals surface area contributed by atoms with E-state index in [4.69, 9.17) is 11.5 Å². The Morgan fingerprint density at radius 3 is 1.06 bits per heavy atom. The minimum atomic E-state index is -0.769. The lowest BCUT2D eigenvalue weighted by Crippen LogP contribution is -2.42. The first-order valence-corrected chi connectivity index (χ1v) is 4.68. The van der Waals surface area contributed by atoms with E-state index in [1.165, 1.54) is 28.2 Å². The Kier molecular flexibility index (Phi) is 8.55. The van der Waals surface area contributed by atoms with Crippen molar-refractivity contribution >= 4 is 24.1 Å². The highest BCUT2D eigenvalue weighted by molar-refractivity contribution is 5.92. The maximum absolute atomic E-state index is 10.5. The van der Waals surface area contributed by atoms with Crippen LogP contribution in [-0.2, 0) is 0 Å². The molecule has 0 saturated heterocycles. The Bertz CT molecular complexity index is 300. The van der Waals surface area contributed by atoms with Gasteiger partial charge in [0.25, 0.3) is 0 Å². The number of nitrogens with two attached hydrogens (primary N) is 2. The fourth-order valence-corrected chi connectivity index (χ4v) is 0.536. The van der Waals surface area contributed by atoms with Crippen LogP contribution >= 0.6 is 0 Å². The third kappa shape index (κ3) is 6.87. The predicted octanol–water partition coefficient (Wildman–Crippen LogP) is -1.33. The summed E-state index contributed by atoms with van der Waals surface area (Å²) in [6.45, 7) is 0. The van der Waals surface area contributed by atoms with E-state index < -0.39 is 24.1 Å². The van der Waals surface area contributed by atoms with Crippen molar-refractivity contribution in [2.75, 3.05) is 28.2 Å². The van der Waals surface area contributed by atoms with Gasteiger partial charge in [-0.2, -0.15) is 0 Å². The van der Waals surface area contributed by atoms with Gasteiger partial charge in [0.15, 0.2) is 0 Å². The van der Waals surface area contributed by atoms with E-state index in [1.54, 1.807) is 0 Å². The SMILES string of the molecule is CNC(=O)N(C)C(N)=O.CNC(=O)N(C)C(N)=O. The fourth-order valence-electron chi connectivity index (χ4n) is 0.536. The molecule has 0 heterocycles. The highest BCUT2D eigenvalue weighted by Crippen LogP contribution is 1.80. The van der Waals surface area contributed by atoms with Crippen LogP contribution in [0.5, 0.6) is 0 Å². The molecule has 0 unspecified atom stereocenters. The van der Waals surface area contributed by atoms with E-state index in [-0.39, 0.29) is 0 Å². The number of imide groups is 2. The first-order chi connectivity index (χ1) is 8.18. The molecule has 0 spiro atoms. The van der Waals surface area contributed by atoms with Crippen LogP contribution in [0.3, 0.4) is 0 Å². The average Bonchev–Trinajstić information content (AvgIpc) is 2.35. The maximum atomic E-state index is 10.5. The lowest BCUT2D eigenvalue weighted by atomic mass is 10.7. The van der Waals surface area contributed by atoms with Crippen LogP contribution in [0.25, 0.3) is 0 Å². The first-order valence-electron chi connectivity index (χ1n) is 4.68. The lowest BCUT2D eigenvalue weighted by Gasteiger charge is -2.09. The molecule has 10 heteroatoms. The molecule has 0 aromatic heterocycles. The summed E-state index contributed by atoms with van der Waals surface area (Å²) in [5, 5.41) is 4.46. The van der Waals surface area contributed by atoms with Crippen molar-refractivity contribution in [2.24, 2.45) is 11.5 Å². The molecule has 0 radical (unpaired) electrons. The second-order valence-electron chi connectivity index (χ2n) is 2.90. The summed E-state index contributed by atoms with van der Waals surface area (Å²) in [5.74, 6) is 0. The topological polar surface area (TPSA) is 151 Å². The van der Waals surface area contributed by atoms with Crippen molar-refractivity contribution in [1.29, 1.82) is 0 Å². The zero-order chi connectivity index (χ0) is 14.9. The van der Waals surface area contributed by atoms with Crippen LogP contribution in [0.1, 0.15) is 0 Å². The Hall–Kier alpha value is -2.52. The molecule has 18 heavy (non-hydrogen) atoms. The number of amides is 8. The van der Waals surface area contributed by atoms with Gasteiger partial charge in [-0.05, 0) is 0 Å². The van der Waals surface area contributed by atoms with E-state index in [2.05, 4.69) is 10.6 Å². The summed E-state index contributed by atoms with van der Waals surface area (Å²) in [7, 11) is 5.42. The number of urea groups is 4. The van der Waals surface area contributed by atoms with Crippen LogP contribution in [0, 0.1) is 0 Å². The molecule has 0 aliphatic heterocycles. The second-order valence-corrected chi connectivity index (χ2v) is 2.90. The molecule has 0 atom stereocenters. The number of rotatable bonds is 0. The number of nitrogens with one attached hydrogen (secondary N) is 2.